The number of ether oxygens (including phenoxy) is 1. The lowest BCUT2D eigenvalue weighted by atomic mass is 9.77. The molecule has 1 aromatic heterocycles. The number of Topliss-reactive ketones (excluding diaryl/α,β-unsaturated/α-hetero) is 1. The lowest BCUT2D eigenvalue weighted by Gasteiger charge is -2.33. The number of fused-ring (bicyclic) bond motifs is 1. The van der Waals surface area contributed by atoms with Gasteiger partial charge >= 0.3 is 6.09 Å². The third-order valence-corrected chi connectivity index (χ3v) is 6.24. The standard InChI is InChI=1S/C24H27N3O4/c1-31-23(29)27-22-20-15-25-18(11-17(20)14-26-22)12-19(28)13-21(16-7-3-2-4-8-16)24(30)9-5-6-10-24/h2-4,7-8,11,15,21,30H,5-6,9-10,12-14H2,1H3,(H,26,27,29)/t21-/m0/s1. The molecular formula is C24H27N3O4. The van der Waals surface area contributed by atoms with Crippen LogP contribution in [0.25, 0.3) is 0 Å². The number of aromatic nitrogens is 1. The van der Waals surface area contributed by atoms with E-state index in [2.05, 4.69) is 20.0 Å². The summed E-state index contributed by atoms with van der Waals surface area (Å²) in [7, 11) is 1.30. The third kappa shape index (κ3) is 4.66. The highest BCUT2D eigenvalue weighted by Gasteiger charge is 2.41. The van der Waals surface area contributed by atoms with E-state index in [1.165, 1.54) is 7.11 Å². The summed E-state index contributed by atoms with van der Waals surface area (Å²) in [6.07, 6.45) is 4.97. The smallest absolute Gasteiger partial charge is 0.412 e. The number of pyridine rings is 1. The molecular weight excluding hydrogens is 394 g/mol. The fourth-order valence-electron chi connectivity index (χ4n) is 4.63. The van der Waals surface area contributed by atoms with Gasteiger partial charge in [0.05, 0.1) is 19.3 Å². The SMILES string of the molecule is COC(=O)NC1=NCc2cc(CC(=O)C[C@@H](c3ccccc3)C3(O)CCCC3)ncc21. The summed E-state index contributed by atoms with van der Waals surface area (Å²) in [5, 5.41) is 13.8. The minimum Gasteiger partial charge on any atom is -0.453 e. The fraction of sp³-hybridized carbons (Fsp3) is 0.417. The molecule has 1 saturated carbocycles. The average molecular weight is 421 g/mol. The highest BCUT2D eigenvalue weighted by molar-refractivity contribution is 6.08. The Balaban J connectivity index is 1.46. The van der Waals surface area contributed by atoms with Crippen molar-refractivity contribution in [1.29, 1.82) is 0 Å². The van der Waals surface area contributed by atoms with Gasteiger partial charge < -0.3 is 9.84 Å². The van der Waals surface area contributed by atoms with Crippen LogP contribution in [0.4, 0.5) is 4.79 Å². The molecule has 2 heterocycles. The van der Waals surface area contributed by atoms with E-state index in [4.69, 9.17) is 0 Å². The van der Waals surface area contributed by atoms with Gasteiger partial charge in [0.25, 0.3) is 0 Å². The quantitative estimate of drug-likeness (QED) is 0.745. The number of nitrogens with one attached hydrogen (secondary N) is 1. The van der Waals surface area contributed by atoms with Gasteiger partial charge in [-0.3, -0.25) is 20.1 Å². The second-order valence-corrected chi connectivity index (χ2v) is 8.31. The maximum absolute atomic E-state index is 13.0. The summed E-state index contributed by atoms with van der Waals surface area (Å²) < 4.78 is 4.61. The van der Waals surface area contributed by atoms with Crippen LogP contribution in [-0.2, 0) is 22.5 Å². The molecule has 7 heteroatoms. The molecule has 2 aliphatic rings. The Hall–Kier alpha value is -3.06. The van der Waals surface area contributed by atoms with Gasteiger partial charge in [-0.15, -0.1) is 0 Å². The molecule has 0 saturated heterocycles. The normalized spacial score (nSPS) is 17.5. The maximum Gasteiger partial charge on any atom is 0.412 e. The van der Waals surface area contributed by atoms with Crippen LogP contribution in [0, 0.1) is 0 Å². The summed E-state index contributed by atoms with van der Waals surface area (Å²) >= 11 is 0. The number of nitrogens with zero attached hydrogens (tertiary/aromatic N) is 2. The van der Waals surface area contributed by atoms with Gasteiger partial charge in [0.1, 0.15) is 11.6 Å². The molecule has 7 nitrogen and oxygen atoms in total. The van der Waals surface area contributed by atoms with Crippen LogP contribution < -0.4 is 5.32 Å². The van der Waals surface area contributed by atoms with E-state index in [1.54, 1.807) is 6.20 Å². The van der Waals surface area contributed by atoms with Crippen LogP contribution in [0.15, 0.2) is 47.6 Å². The van der Waals surface area contributed by atoms with E-state index in [1.807, 2.05) is 36.4 Å². The number of benzene rings is 1. The molecule has 1 aliphatic heterocycles. The molecule has 1 amide bonds. The van der Waals surface area contributed by atoms with Crippen molar-refractivity contribution >= 4 is 17.7 Å². The van der Waals surface area contributed by atoms with Gasteiger partial charge in [-0.25, -0.2) is 4.79 Å². The predicted molar refractivity (Wildman–Crippen MR) is 116 cm³/mol. The molecule has 4 rings (SSSR count). The van der Waals surface area contributed by atoms with Crippen LogP contribution in [-0.4, -0.2) is 40.5 Å². The van der Waals surface area contributed by atoms with Crippen LogP contribution in [0.3, 0.4) is 0 Å². The summed E-state index contributed by atoms with van der Waals surface area (Å²) in [5.41, 5.74) is 2.50. The summed E-state index contributed by atoms with van der Waals surface area (Å²) in [5.74, 6) is 0.269. The van der Waals surface area contributed by atoms with Crippen molar-refractivity contribution < 1.29 is 19.4 Å². The number of amides is 1. The summed E-state index contributed by atoms with van der Waals surface area (Å²) in [6.45, 7) is 0.421. The van der Waals surface area contributed by atoms with Crippen molar-refractivity contribution in [2.24, 2.45) is 4.99 Å². The first-order chi connectivity index (χ1) is 15.0. The van der Waals surface area contributed by atoms with Crippen LogP contribution >= 0.6 is 0 Å². The lowest BCUT2D eigenvalue weighted by Crippen LogP contribution is -2.34. The van der Waals surface area contributed by atoms with Gasteiger partial charge in [-0.05, 0) is 30.0 Å². The number of aliphatic hydroxyl groups is 1. The first kappa shape index (κ1) is 21.2. The number of aliphatic imine (C=N–C) groups is 1. The lowest BCUT2D eigenvalue weighted by molar-refractivity contribution is -0.120. The number of carbonyl (C=O) groups is 2. The van der Waals surface area contributed by atoms with Crippen molar-refractivity contribution in [3.63, 3.8) is 0 Å². The zero-order valence-corrected chi connectivity index (χ0v) is 17.6. The maximum atomic E-state index is 13.0. The monoisotopic (exact) mass is 421 g/mol. The minimum atomic E-state index is -0.829. The Bertz CT molecular complexity index is 997. The molecule has 162 valence electrons. The number of rotatable bonds is 6. The second-order valence-electron chi connectivity index (χ2n) is 8.31. The fourth-order valence-corrected chi connectivity index (χ4v) is 4.63. The van der Waals surface area contributed by atoms with Gasteiger partial charge in [0, 0.05) is 36.2 Å². The molecule has 1 aliphatic carbocycles. The number of alkyl carbamates (subject to hydrolysis) is 1. The highest BCUT2D eigenvalue weighted by Crippen LogP contribution is 2.43. The average Bonchev–Trinajstić information content (AvgIpc) is 3.39. The van der Waals surface area contributed by atoms with Crippen LogP contribution in [0.2, 0.25) is 0 Å². The van der Waals surface area contributed by atoms with E-state index < -0.39 is 11.7 Å². The Kier molecular flexibility index (Phi) is 6.13. The van der Waals surface area contributed by atoms with E-state index in [0.29, 0.717) is 18.1 Å². The third-order valence-electron chi connectivity index (χ3n) is 6.24. The van der Waals surface area contributed by atoms with Crippen molar-refractivity contribution in [2.45, 2.75) is 56.6 Å². The highest BCUT2D eigenvalue weighted by atomic mass is 16.5. The van der Waals surface area contributed by atoms with E-state index in [0.717, 1.165) is 42.4 Å². The molecule has 2 N–H and O–H groups in total. The molecule has 1 aromatic carbocycles. The van der Waals surface area contributed by atoms with Crippen molar-refractivity contribution in [3.05, 3.63) is 65.0 Å². The topological polar surface area (TPSA) is 101 Å². The van der Waals surface area contributed by atoms with Gasteiger partial charge in [-0.1, -0.05) is 43.2 Å². The van der Waals surface area contributed by atoms with Crippen molar-refractivity contribution in [1.82, 2.24) is 10.3 Å². The number of carbonyl (C=O) groups excluding carboxylic acids is 2. The first-order valence-electron chi connectivity index (χ1n) is 10.6. The number of hydrogen-bond acceptors (Lipinski definition) is 6. The molecule has 0 bridgehead atoms. The van der Waals surface area contributed by atoms with Gasteiger partial charge in [0.15, 0.2) is 0 Å². The summed E-state index contributed by atoms with van der Waals surface area (Å²) in [6, 6.07) is 11.7. The molecule has 0 unspecified atom stereocenters. The molecule has 1 fully saturated rings. The van der Waals surface area contributed by atoms with Crippen LogP contribution in [0.1, 0.15) is 60.4 Å². The van der Waals surface area contributed by atoms with Crippen molar-refractivity contribution in [3.8, 4) is 0 Å². The molecule has 0 spiro atoms. The Morgan fingerprint density at radius 3 is 2.68 bits per heavy atom. The van der Waals surface area contributed by atoms with Gasteiger partial charge in [-0.2, -0.15) is 0 Å². The number of ketones is 1. The molecule has 0 radical (unpaired) electrons. The number of amidine groups is 1. The largest absolute Gasteiger partial charge is 0.453 e. The van der Waals surface area contributed by atoms with Crippen molar-refractivity contribution in [2.75, 3.05) is 7.11 Å². The summed E-state index contributed by atoms with van der Waals surface area (Å²) in [4.78, 5) is 33.2. The minimum absolute atomic E-state index is 0.0495. The predicted octanol–water partition coefficient (Wildman–Crippen LogP) is 3.29. The molecule has 1 atom stereocenters. The van der Waals surface area contributed by atoms with Gasteiger partial charge in [0.2, 0.25) is 0 Å². The Morgan fingerprint density at radius 2 is 1.97 bits per heavy atom. The zero-order chi connectivity index (χ0) is 21.8. The molecule has 2 aromatic rings. The number of hydrogen-bond donors (Lipinski definition) is 2. The van der Waals surface area contributed by atoms with E-state index in [9.17, 15) is 14.7 Å². The Labute approximate surface area is 181 Å². The molecule has 31 heavy (non-hydrogen) atoms. The Morgan fingerprint density at radius 1 is 1.23 bits per heavy atom. The van der Waals surface area contributed by atoms with E-state index >= 15 is 0 Å². The second kappa shape index (κ2) is 8.98. The van der Waals surface area contributed by atoms with E-state index in [-0.39, 0.29) is 24.5 Å². The first-order valence-corrected chi connectivity index (χ1v) is 10.6. The number of methoxy groups -OCH3 is 1. The zero-order valence-electron chi connectivity index (χ0n) is 17.6. The van der Waals surface area contributed by atoms with Crippen LogP contribution in [0.5, 0.6) is 0 Å².